The average molecular weight is 399 g/mol. The molecule has 0 heterocycles. The molecular formula is C24H21N3O3. The highest BCUT2D eigenvalue weighted by Crippen LogP contribution is 2.18. The Bertz CT molecular complexity index is 1040. The van der Waals surface area contributed by atoms with Gasteiger partial charge in [0.1, 0.15) is 24.7 Å². The van der Waals surface area contributed by atoms with E-state index >= 15 is 0 Å². The van der Waals surface area contributed by atoms with E-state index in [0.29, 0.717) is 35.8 Å². The fourth-order valence-electron chi connectivity index (χ4n) is 2.63. The zero-order valence-electron chi connectivity index (χ0n) is 16.3. The lowest BCUT2D eigenvalue weighted by atomic mass is 10.1. The van der Waals surface area contributed by atoms with Crippen LogP contribution in [0.25, 0.3) is 5.70 Å². The van der Waals surface area contributed by atoms with E-state index < -0.39 is 0 Å². The molecule has 0 aliphatic carbocycles. The number of nitriles is 1. The van der Waals surface area contributed by atoms with Crippen molar-refractivity contribution in [3.8, 4) is 17.6 Å². The van der Waals surface area contributed by atoms with Gasteiger partial charge in [-0.3, -0.25) is 15.6 Å². The van der Waals surface area contributed by atoms with Crippen molar-refractivity contribution in [1.82, 2.24) is 10.9 Å². The third-order valence-corrected chi connectivity index (χ3v) is 4.17. The molecule has 0 saturated carbocycles. The third kappa shape index (κ3) is 5.63. The summed E-state index contributed by atoms with van der Waals surface area (Å²) in [6.45, 7) is 4.55. The topological polar surface area (TPSA) is 83.4 Å². The number of hydrogen-bond acceptors (Lipinski definition) is 5. The first-order valence-electron chi connectivity index (χ1n) is 9.33. The molecule has 30 heavy (non-hydrogen) atoms. The number of benzene rings is 3. The lowest BCUT2D eigenvalue weighted by Crippen LogP contribution is -2.36. The van der Waals surface area contributed by atoms with Crippen molar-refractivity contribution in [3.05, 3.63) is 102 Å². The van der Waals surface area contributed by atoms with Gasteiger partial charge in [-0.25, -0.2) is 0 Å². The zero-order valence-corrected chi connectivity index (χ0v) is 16.3. The fourth-order valence-corrected chi connectivity index (χ4v) is 2.63. The van der Waals surface area contributed by atoms with Gasteiger partial charge in [-0.15, -0.1) is 0 Å². The number of rotatable bonds is 9. The predicted octanol–water partition coefficient (Wildman–Crippen LogP) is 3.92. The minimum atomic E-state index is -0.357. The molecule has 3 rings (SSSR count). The molecule has 3 aromatic rings. The van der Waals surface area contributed by atoms with Crippen LogP contribution in [0.4, 0.5) is 0 Å². The van der Waals surface area contributed by atoms with Crippen molar-refractivity contribution in [1.29, 1.82) is 5.26 Å². The monoisotopic (exact) mass is 399 g/mol. The van der Waals surface area contributed by atoms with Gasteiger partial charge in [0.2, 0.25) is 0 Å². The zero-order chi connectivity index (χ0) is 21.2. The molecule has 0 atom stereocenters. The number of nitrogens with one attached hydrogen (secondary N) is 2. The fraction of sp³-hybridized carbons (Fsp3) is 0.0833. The van der Waals surface area contributed by atoms with E-state index in [9.17, 15) is 4.79 Å². The Hall–Kier alpha value is -4.24. The molecule has 6 nitrogen and oxygen atoms in total. The molecule has 0 unspecified atom stereocenters. The number of para-hydroxylation sites is 2. The summed E-state index contributed by atoms with van der Waals surface area (Å²) in [6, 6.07) is 25.4. The predicted molar refractivity (Wildman–Crippen MR) is 115 cm³/mol. The molecule has 0 spiro atoms. The molecular weight excluding hydrogens is 378 g/mol. The van der Waals surface area contributed by atoms with Gasteiger partial charge < -0.3 is 9.47 Å². The van der Waals surface area contributed by atoms with Gasteiger partial charge >= 0.3 is 0 Å². The van der Waals surface area contributed by atoms with Crippen LogP contribution in [0, 0.1) is 11.3 Å². The standard InChI is InChI=1S/C24H21N3O3/c1-18(20-13-11-19(17-25)12-14-20)26-27-24(28)22-9-5-6-10-23(22)30-16-15-29-21-7-3-2-4-8-21/h2-14,26H,1,15-16H2,(H,27,28). The highest BCUT2D eigenvalue weighted by Gasteiger charge is 2.12. The second kappa shape index (κ2) is 10.3. The largest absolute Gasteiger partial charge is 0.490 e. The summed E-state index contributed by atoms with van der Waals surface area (Å²) in [6.07, 6.45) is 0. The summed E-state index contributed by atoms with van der Waals surface area (Å²) < 4.78 is 11.3. The van der Waals surface area contributed by atoms with Gasteiger partial charge in [0.15, 0.2) is 0 Å². The van der Waals surface area contributed by atoms with Crippen molar-refractivity contribution < 1.29 is 14.3 Å². The summed E-state index contributed by atoms with van der Waals surface area (Å²) in [5.74, 6) is 0.861. The number of hydrazine groups is 1. The van der Waals surface area contributed by atoms with E-state index in [1.54, 1.807) is 48.5 Å². The Morgan fingerprint density at radius 1 is 0.867 bits per heavy atom. The normalized spacial score (nSPS) is 9.83. The van der Waals surface area contributed by atoms with E-state index in [4.69, 9.17) is 14.7 Å². The summed E-state index contributed by atoms with van der Waals surface area (Å²) in [5, 5.41) is 8.87. The molecule has 150 valence electrons. The van der Waals surface area contributed by atoms with Crippen LogP contribution in [0.1, 0.15) is 21.5 Å². The maximum atomic E-state index is 12.6. The first-order chi connectivity index (χ1) is 14.7. The second-order valence-electron chi connectivity index (χ2n) is 6.25. The number of amides is 1. The van der Waals surface area contributed by atoms with Crippen molar-refractivity contribution in [2.75, 3.05) is 13.2 Å². The van der Waals surface area contributed by atoms with Gasteiger partial charge in [0.25, 0.3) is 5.91 Å². The Labute approximate surface area is 175 Å². The van der Waals surface area contributed by atoms with Crippen molar-refractivity contribution in [2.45, 2.75) is 0 Å². The van der Waals surface area contributed by atoms with E-state index in [2.05, 4.69) is 23.5 Å². The average Bonchev–Trinajstić information content (AvgIpc) is 2.81. The van der Waals surface area contributed by atoms with E-state index in [1.165, 1.54) is 0 Å². The minimum Gasteiger partial charge on any atom is -0.490 e. The first-order valence-corrected chi connectivity index (χ1v) is 9.33. The Balaban J connectivity index is 1.53. The molecule has 1 amide bonds. The maximum Gasteiger partial charge on any atom is 0.273 e. The van der Waals surface area contributed by atoms with Crippen LogP contribution < -0.4 is 20.3 Å². The van der Waals surface area contributed by atoms with Gasteiger partial charge in [-0.05, 0) is 42.0 Å². The van der Waals surface area contributed by atoms with Crippen LogP contribution in [0.5, 0.6) is 11.5 Å². The van der Waals surface area contributed by atoms with Crippen LogP contribution in [0.2, 0.25) is 0 Å². The van der Waals surface area contributed by atoms with Gasteiger partial charge in [0, 0.05) is 0 Å². The maximum absolute atomic E-state index is 12.6. The highest BCUT2D eigenvalue weighted by molar-refractivity contribution is 5.97. The lowest BCUT2D eigenvalue weighted by Gasteiger charge is -2.14. The van der Waals surface area contributed by atoms with E-state index in [1.807, 2.05) is 30.3 Å². The Kier molecular flexibility index (Phi) is 7.07. The van der Waals surface area contributed by atoms with Crippen LogP contribution in [-0.2, 0) is 0 Å². The number of hydrogen-bond donors (Lipinski definition) is 2. The quantitative estimate of drug-likeness (QED) is 0.421. The van der Waals surface area contributed by atoms with Crippen LogP contribution in [0.3, 0.4) is 0 Å². The molecule has 0 aromatic heterocycles. The minimum absolute atomic E-state index is 0.296. The second-order valence-corrected chi connectivity index (χ2v) is 6.25. The first kappa shape index (κ1) is 20.5. The lowest BCUT2D eigenvalue weighted by molar-refractivity contribution is 0.0937. The molecule has 0 saturated heterocycles. The highest BCUT2D eigenvalue weighted by atomic mass is 16.5. The van der Waals surface area contributed by atoms with E-state index in [0.717, 1.165) is 11.3 Å². The Morgan fingerprint density at radius 2 is 1.53 bits per heavy atom. The summed E-state index contributed by atoms with van der Waals surface area (Å²) >= 11 is 0. The molecule has 0 radical (unpaired) electrons. The van der Waals surface area contributed by atoms with Gasteiger partial charge in [-0.1, -0.05) is 49.0 Å². The van der Waals surface area contributed by atoms with Crippen molar-refractivity contribution >= 4 is 11.6 Å². The number of nitrogens with zero attached hydrogens (tertiary/aromatic N) is 1. The number of carbonyl (C=O) groups is 1. The molecule has 0 aliphatic rings. The van der Waals surface area contributed by atoms with Crippen molar-refractivity contribution in [2.24, 2.45) is 0 Å². The molecule has 3 aromatic carbocycles. The SMILES string of the molecule is C=C(NNC(=O)c1ccccc1OCCOc1ccccc1)c1ccc(C#N)cc1. The smallest absolute Gasteiger partial charge is 0.273 e. The molecule has 6 heteroatoms. The molecule has 0 aliphatic heterocycles. The van der Waals surface area contributed by atoms with Gasteiger partial charge in [0.05, 0.1) is 22.9 Å². The number of carbonyl (C=O) groups excluding carboxylic acids is 1. The summed E-state index contributed by atoms with van der Waals surface area (Å²) in [5.41, 5.74) is 7.61. The van der Waals surface area contributed by atoms with E-state index in [-0.39, 0.29) is 5.91 Å². The Morgan fingerprint density at radius 3 is 2.27 bits per heavy atom. The summed E-state index contributed by atoms with van der Waals surface area (Å²) in [4.78, 5) is 12.6. The molecule has 2 N–H and O–H groups in total. The molecule has 0 fully saturated rings. The molecule has 0 bridgehead atoms. The van der Waals surface area contributed by atoms with Gasteiger partial charge in [-0.2, -0.15) is 5.26 Å². The van der Waals surface area contributed by atoms with Crippen LogP contribution >= 0.6 is 0 Å². The van der Waals surface area contributed by atoms with Crippen LogP contribution in [-0.4, -0.2) is 19.1 Å². The van der Waals surface area contributed by atoms with Crippen LogP contribution in [0.15, 0.2) is 85.4 Å². The summed E-state index contributed by atoms with van der Waals surface area (Å²) in [7, 11) is 0. The third-order valence-electron chi connectivity index (χ3n) is 4.17. The van der Waals surface area contributed by atoms with Crippen molar-refractivity contribution in [3.63, 3.8) is 0 Å². The number of ether oxygens (including phenoxy) is 2.